The summed E-state index contributed by atoms with van der Waals surface area (Å²) in [6.07, 6.45) is 1.80. The van der Waals surface area contributed by atoms with Crippen molar-refractivity contribution in [3.63, 3.8) is 0 Å². The molecule has 2 N–H and O–H groups in total. The van der Waals surface area contributed by atoms with Crippen molar-refractivity contribution in [2.24, 2.45) is 0 Å². The summed E-state index contributed by atoms with van der Waals surface area (Å²) in [6, 6.07) is 11.3. The van der Waals surface area contributed by atoms with Gasteiger partial charge in [0.1, 0.15) is 10.8 Å². The van der Waals surface area contributed by atoms with Gasteiger partial charge in [0, 0.05) is 17.5 Å². The van der Waals surface area contributed by atoms with Crippen molar-refractivity contribution in [2.45, 2.75) is 31.1 Å². The summed E-state index contributed by atoms with van der Waals surface area (Å²) in [5.41, 5.74) is 2.80. The minimum atomic E-state index is -3.75. The van der Waals surface area contributed by atoms with Gasteiger partial charge >= 0.3 is 5.97 Å². The second kappa shape index (κ2) is 10.0. The van der Waals surface area contributed by atoms with Gasteiger partial charge < -0.3 is 9.84 Å². The Kier molecular flexibility index (Phi) is 7.42. The topological polar surface area (TPSA) is 106 Å². The number of carbonyl (C=O) groups is 1. The SMILES string of the molecule is CCc1ccc(S(=O)(=O)NCCCc2csc(-c3ccc(O)cc3)n2)cc1C(=O)OC. The van der Waals surface area contributed by atoms with Crippen molar-refractivity contribution in [1.82, 2.24) is 9.71 Å². The number of thiazole rings is 1. The fourth-order valence-corrected chi connectivity index (χ4v) is 5.01. The maximum atomic E-state index is 12.6. The summed E-state index contributed by atoms with van der Waals surface area (Å²) >= 11 is 1.50. The molecule has 0 amide bonds. The van der Waals surface area contributed by atoms with E-state index in [0.29, 0.717) is 19.3 Å². The average Bonchev–Trinajstić information content (AvgIpc) is 3.25. The maximum Gasteiger partial charge on any atom is 0.338 e. The number of rotatable bonds is 9. The Morgan fingerprint density at radius 2 is 1.94 bits per heavy atom. The van der Waals surface area contributed by atoms with Crippen molar-refractivity contribution in [2.75, 3.05) is 13.7 Å². The van der Waals surface area contributed by atoms with Crippen LogP contribution in [0.4, 0.5) is 0 Å². The van der Waals surface area contributed by atoms with Crippen molar-refractivity contribution in [1.29, 1.82) is 0 Å². The number of sulfonamides is 1. The summed E-state index contributed by atoms with van der Waals surface area (Å²) in [6.45, 7) is 2.14. The molecule has 31 heavy (non-hydrogen) atoms. The van der Waals surface area contributed by atoms with Gasteiger partial charge in [0.2, 0.25) is 10.0 Å². The molecule has 3 aromatic rings. The highest BCUT2D eigenvalue weighted by molar-refractivity contribution is 7.89. The highest BCUT2D eigenvalue weighted by Gasteiger charge is 2.19. The third kappa shape index (κ3) is 5.69. The normalized spacial score (nSPS) is 11.4. The standard InChI is InChI=1S/C22H24N2O5S2/c1-3-15-8-11-19(13-20(15)22(26)29-2)31(27,28)23-12-4-5-17-14-30-21(24-17)16-6-9-18(25)10-7-16/h6-11,13-14,23,25H,3-5,12H2,1-2H3. The number of methoxy groups -OCH3 is 1. The maximum absolute atomic E-state index is 12.6. The number of hydrogen-bond donors (Lipinski definition) is 2. The lowest BCUT2D eigenvalue weighted by Gasteiger charge is -2.10. The molecule has 7 nitrogen and oxygen atoms in total. The van der Waals surface area contributed by atoms with Crippen molar-refractivity contribution < 1.29 is 23.1 Å². The van der Waals surface area contributed by atoms with Crippen molar-refractivity contribution in [3.8, 4) is 16.3 Å². The van der Waals surface area contributed by atoms with Crippen LogP contribution in [0, 0.1) is 0 Å². The van der Waals surface area contributed by atoms with E-state index in [0.717, 1.165) is 21.8 Å². The number of benzene rings is 2. The third-order valence-corrected chi connectivity index (χ3v) is 7.14. The monoisotopic (exact) mass is 460 g/mol. The zero-order chi connectivity index (χ0) is 22.4. The van der Waals surface area contributed by atoms with E-state index in [1.54, 1.807) is 30.3 Å². The van der Waals surface area contributed by atoms with Gasteiger partial charge in [-0.15, -0.1) is 11.3 Å². The largest absolute Gasteiger partial charge is 0.508 e. The van der Waals surface area contributed by atoms with Crippen molar-refractivity contribution in [3.05, 3.63) is 64.7 Å². The molecule has 0 aliphatic carbocycles. The first kappa shape index (κ1) is 22.9. The number of carbonyl (C=O) groups excluding carboxylic acids is 1. The molecule has 2 aromatic carbocycles. The Labute approximate surface area is 185 Å². The lowest BCUT2D eigenvalue weighted by Crippen LogP contribution is -2.25. The summed E-state index contributed by atoms with van der Waals surface area (Å²) in [5.74, 6) is -0.349. The fraction of sp³-hybridized carbons (Fsp3) is 0.273. The van der Waals surface area contributed by atoms with E-state index >= 15 is 0 Å². The van der Waals surface area contributed by atoms with Crippen LogP contribution in [0.3, 0.4) is 0 Å². The molecule has 0 saturated carbocycles. The first-order valence-electron chi connectivity index (χ1n) is 9.78. The smallest absolute Gasteiger partial charge is 0.338 e. The number of aromatic hydroxyl groups is 1. The predicted octanol–water partition coefficient (Wildman–Crippen LogP) is 3.78. The molecule has 0 aliphatic heterocycles. The summed E-state index contributed by atoms with van der Waals surface area (Å²) < 4.78 is 32.6. The average molecular weight is 461 g/mol. The Morgan fingerprint density at radius 3 is 2.61 bits per heavy atom. The van der Waals surface area contributed by atoms with Crippen LogP contribution in [-0.2, 0) is 27.6 Å². The second-order valence-electron chi connectivity index (χ2n) is 6.86. The fourth-order valence-electron chi connectivity index (χ4n) is 3.05. The molecule has 1 aromatic heterocycles. The number of esters is 1. The Morgan fingerprint density at radius 1 is 1.19 bits per heavy atom. The van der Waals surface area contributed by atoms with E-state index in [4.69, 9.17) is 4.74 Å². The van der Waals surface area contributed by atoms with Gasteiger partial charge in [-0.05, 0) is 61.2 Å². The van der Waals surface area contributed by atoms with E-state index in [9.17, 15) is 18.3 Å². The Hall–Kier alpha value is -2.75. The van der Waals surface area contributed by atoms with E-state index in [2.05, 4.69) is 9.71 Å². The van der Waals surface area contributed by atoms with Gasteiger partial charge in [-0.1, -0.05) is 13.0 Å². The zero-order valence-corrected chi connectivity index (χ0v) is 18.9. The van der Waals surface area contributed by atoms with E-state index in [-0.39, 0.29) is 22.8 Å². The van der Waals surface area contributed by atoms with E-state index in [1.165, 1.54) is 30.6 Å². The molecule has 164 valence electrons. The quantitative estimate of drug-likeness (QED) is 0.372. The number of phenols is 1. The molecule has 0 bridgehead atoms. The molecule has 0 saturated heterocycles. The Bertz CT molecular complexity index is 1150. The van der Waals surface area contributed by atoms with E-state index < -0.39 is 16.0 Å². The van der Waals surface area contributed by atoms with Crippen LogP contribution in [-0.4, -0.2) is 38.1 Å². The molecule has 3 rings (SSSR count). The van der Waals surface area contributed by atoms with Crippen LogP contribution in [0.1, 0.15) is 35.0 Å². The number of ether oxygens (including phenoxy) is 1. The van der Waals surface area contributed by atoms with Crippen LogP contribution in [0.5, 0.6) is 5.75 Å². The molecule has 0 aliphatic rings. The number of hydrogen-bond acceptors (Lipinski definition) is 7. The first-order valence-corrected chi connectivity index (χ1v) is 12.1. The molecule has 0 unspecified atom stereocenters. The summed E-state index contributed by atoms with van der Waals surface area (Å²) in [7, 11) is -2.47. The highest BCUT2D eigenvalue weighted by Crippen LogP contribution is 2.25. The van der Waals surface area contributed by atoms with Gasteiger partial charge in [-0.2, -0.15) is 0 Å². The highest BCUT2D eigenvalue weighted by atomic mass is 32.2. The number of nitrogens with one attached hydrogen (secondary N) is 1. The summed E-state index contributed by atoms with van der Waals surface area (Å²) in [4.78, 5) is 16.6. The van der Waals surface area contributed by atoms with Crippen LogP contribution in [0.2, 0.25) is 0 Å². The Balaban J connectivity index is 1.59. The third-order valence-electron chi connectivity index (χ3n) is 4.75. The van der Waals surface area contributed by atoms with Crippen LogP contribution in [0.15, 0.2) is 52.7 Å². The predicted molar refractivity (Wildman–Crippen MR) is 120 cm³/mol. The zero-order valence-electron chi connectivity index (χ0n) is 17.3. The van der Waals surface area contributed by atoms with Crippen LogP contribution < -0.4 is 4.72 Å². The van der Waals surface area contributed by atoms with Crippen molar-refractivity contribution >= 4 is 27.3 Å². The number of aryl methyl sites for hydroxylation is 2. The number of aromatic nitrogens is 1. The van der Waals surface area contributed by atoms with E-state index in [1.807, 2.05) is 12.3 Å². The number of phenolic OH excluding ortho intramolecular Hbond substituents is 1. The van der Waals surface area contributed by atoms with Gasteiger partial charge in [-0.3, -0.25) is 0 Å². The molecule has 9 heteroatoms. The van der Waals surface area contributed by atoms with Gasteiger partial charge in [-0.25, -0.2) is 22.9 Å². The molecule has 1 heterocycles. The summed E-state index contributed by atoms with van der Waals surface area (Å²) in [5, 5.41) is 12.2. The van der Waals surface area contributed by atoms with Gasteiger partial charge in [0.05, 0.1) is 23.3 Å². The van der Waals surface area contributed by atoms with Gasteiger partial charge in [0.25, 0.3) is 0 Å². The molecule has 0 radical (unpaired) electrons. The number of nitrogens with zero attached hydrogens (tertiary/aromatic N) is 1. The molecular weight excluding hydrogens is 436 g/mol. The lowest BCUT2D eigenvalue weighted by molar-refractivity contribution is 0.0599. The van der Waals surface area contributed by atoms with Gasteiger partial charge in [0.15, 0.2) is 0 Å². The van der Waals surface area contributed by atoms with Crippen LogP contribution in [0.25, 0.3) is 10.6 Å². The second-order valence-corrected chi connectivity index (χ2v) is 9.48. The van der Waals surface area contributed by atoms with Crippen LogP contribution >= 0.6 is 11.3 Å². The lowest BCUT2D eigenvalue weighted by atomic mass is 10.1. The molecule has 0 spiro atoms. The molecule has 0 atom stereocenters. The molecule has 0 fully saturated rings. The minimum absolute atomic E-state index is 0.0355. The minimum Gasteiger partial charge on any atom is -0.508 e. The first-order chi connectivity index (χ1) is 14.8. The molecular formula is C22H24N2O5S2.